The monoisotopic (exact) mass is 372 g/mol. The van der Waals surface area contributed by atoms with Crippen molar-refractivity contribution >= 4 is 38.2 Å². The first-order chi connectivity index (χ1) is 9.93. The Morgan fingerprint density at radius 3 is 2.14 bits per heavy atom. The average molecular weight is 373 g/mol. The minimum atomic E-state index is -2.44. The zero-order chi connectivity index (χ0) is 15.6. The number of benzene rings is 1. The molecule has 114 valence electrons. The molecule has 1 heterocycles. The third kappa shape index (κ3) is 3.06. The topological polar surface area (TPSA) is 60.4 Å². The fraction of sp³-hybridized carbons (Fsp3) is 0.400. The van der Waals surface area contributed by atoms with Gasteiger partial charge in [-0.3, -0.25) is 4.79 Å². The lowest BCUT2D eigenvalue weighted by Gasteiger charge is -2.25. The molecule has 0 aliphatic carbocycles. The minimum absolute atomic E-state index is 0.0173. The molecule has 0 spiro atoms. The third-order valence-corrected chi connectivity index (χ3v) is 5.12. The number of hydrogen-bond donors (Lipinski definition) is 1. The Morgan fingerprint density at radius 2 is 1.71 bits per heavy atom. The van der Waals surface area contributed by atoms with E-state index in [0.29, 0.717) is 28.6 Å². The van der Waals surface area contributed by atoms with Crippen molar-refractivity contribution in [3.63, 3.8) is 0 Å². The van der Waals surface area contributed by atoms with Gasteiger partial charge in [0.1, 0.15) is 20.9 Å². The van der Waals surface area contributed by atoms with Crippen LogP contribution in [0.3, 0.4) is 0 Å². The van der Waals surface area contributed by atoms with E-state index in [2.05, 4.69) is 15.9 Å². The SMILES string of the molecule is CCC1(CC)OC(c2ccc(C[SH](=O)=O)cc2)=C(Br)C1=O. The van der Waals surface area contributed by atoms with Gasteiger partial charge in [0.2, 0.25) is 5.78 Å². The Kier molecular flexibility index (Phi) is 4.88. The van der Waals surface area contributed by atoms with Gasteiger partial charge in [0.25, 0.3) is 0 Å². The van der Waals surface area contributed by atoms with E-state index < -0.39 is 16.3 Å². The molecule has 0 unspecified atom stereocenters. The van der Waals surface area contributed by atoms with Gasteiger partial charge in [0, 0.05) is 5.56 Å². The number of hydrogen-bond acceptors (Lipinski definition) is 4. The molecule has 1 aromatic carbocycles. The van der Waals surface area contributed by atoms with Gasteiger partial charge in [0.15, 0.2) is 5.60 Å². The minimum Gasteiger partial charge on any atom is -0.477 e. The van der Waals surface area contributed by atoms with Crippen LogP contribution in [0, 0.1) is 0 Å². The average Bonchev–Trinajstić information content (AvgIpc) is 2.73. The highest BCUT2D eigenvalue weighted by Crippen LogP contribution is 2.42. The Balaban J connectivity index is 2.32. The van der Waals surface area contributed by atoms with Crippen LogP contribution in [0.4, 0.5) is 0 Å². The van der Waals surface area contributed by atoms with E-state index in [1.807, 2.05) is 13.8 Å². The molecule has 6 heteroatoms. The number of ketones is 1. The molecular weight excluding hydrogens is 356 g/mol. The Hall–Kier alpha value is -1.14. The third-order valence-electron chi connectivity index (χ3n) is 3.78. The quantitative estimate of drug-likeness (QED) is 0.807. The van der Waals surface area contributed by atoms with E-state index in [1.165, 1.54) is 0 Å². The number of ether oxygens (including phenoxy) is 1. The predicted molar refractivity (Wildman–Crippen MR) is 85.7 cm³/mol. The fourth-order valence-corrected chi connectivity index (χ4v) is 3.58. The maximum absolute atomic E-state index is 12.4. The molecule has 0 aromatic heterocycles. The van der Waals surface area contributed by atoms with Gasteiger partial charge in [-0.15, -0.1) is 0 Å². The Labute approximate surface area is 134 Å². The number of halogens is 1. The lowest BCUT2D eigenvalue weighted by molar-refractivity contribution is -0.129. The molecule has 0 amide bonds. The van der Waals surface area contributed by atoms with Crippen molar-refractivity contribution in [1.82, 2.24) is 0 Å². The van der Waals surface area contributed by atoms with Crippen LogP contribution in [-0.2, 0) is 26.0 Å². The van der Waals surface area contributed by atoms with Gasteiger partial charge >= 0.3 is 0 Å². The van der Waals surface area contributed by atoms with Gasteiger partial charge in [-0.1, -0.05) is 38.1 Å². The molecule has 0 radical (unpaired) electrons. The molecular formula is C15H17BrO4S. The number of carbonyl (C=O) groups is 1. The molecule has 0 saturated heterocycles. The highest BCUT2D eigenvalue weighted by atomic mass is 79.9. The molecule has 1 aromatic rings. The lowest BCUT2D eigenvalue weighted by Crippen LogP contribution is -2.35. The van der Waals surface area contributed by atoms with Crippen LogP contribution in [0.15, 0.2) is 28.7 Å². The summed E-state index contributed by atoms with van der Waals surface area (Å²) >= 11 is 3.33. The normalized spacial score (nSPS) is 17.4. The number of Topliss-reactive ketones (excluding diaryl/α,β-unsaturated/α-hetero) is 1. The van der Waals surface area contributed by atoms with Crippen LogP contribution in [0.25, 0.3) is 5.76 Å². The van der Waals surface area contributed by atoms with Gasteiger partial charge in [-0.2, -0.15) is 0 Å². The number of thiol groups is 1. The second kappa shape index (κ2) is 6.32. The maximum atomic E-state index is 12.4. The summed E-state index contributed by atoms with van der Waals surface area (Å²) in [5, 5.41) is 0. The van der Waals surface area contributed by atoms with Crippen molar-refractivity contribution < 1.29 is 17.9 Å². The highest BCUT2D eigenvalue weighted by Gasteiger charge is 2.46. The standard InChI is InChI=1S/C15H17BrO4S/c1-3-15(4-2)14(17)12(16)13(20-15)11-7-5-10(6-8-11)9-21(18)19/h5-8,21H,3-4,9H2,1-2H3. The summed E-state index contributed by atoms with van der Waals surface area (Å²) < 4.78 is 27.8. The summed E-state index contributed by atoms with van der Waals surface area (Å²) in [6.07, 6.45) is 1.21. The maximum Gasteiger partial charge on any atom is 0.217 e. The van der Waals surface area contributed by atoms with Crippen LogP contribution in [0.5, 0.6) is 0 Å². The Bertz CT molecular complexity index is 647. The van der Waals surface area contributed by atoms with Crippen molar-refractivity contribution in [2.75, 3.05) is 0 Å². The molecule has 0 fully saturated rings. The van der Waals surface area contributed by atoms with E-state index in [1.54, 1.807) is 24.3 Å². The first kappa shape index (κ1) is 16.2. The molecule has 4 nitrogen and oxygen atoms in total. The fourth-order valence-electron chi connectivity index (χ4n) is 2.40. The van der Waals surface area contributed by atoms with Crippen LogP contribution >= 0.6 is 15.9 Å². The van der Waals surface area contributed by atoms with E-state index in [0.717, 1.165) is 5.56 Å². The van der Waals surface area contributed by atoms with Crippen molar-refractivity contribution in [1.29, 1.82) is 0 Å². The first-order valence-corrected chi connectivity index (χ1v) is 8.93. The summed E-state index contributed by atoms with van der Waals surface area (Å²) in [5.74, 6) is 0.514. The number of carbonyl (C=O) groups excluding carboxylic acids is 1. The molecule has 2 rings (SSSR count). The molecule has 0 N–H and O–H groups in total. The first-order valence-electron chi connectivity index (χ1n) is 6.78. The molecule has 0 atom stereocenters. The molecule has 0 bridgehead atoms. The molecule has 1 aliphatic heterocycles. The van der Waals surface area contributed by atoms with Crippen molar-refractivity contribution in [2.24, 2.45) is 0 Å². The zero-order valence-electron chi connectivity index (χ0n) is 11.9. The van der Waals surface area contributed by atoms with Crippen LogP contribution < -0.4 is 0 Å². The van der Waals surface area contributed by atoms with E-state index in [4.69, 9.17) is 4.74 Å². The van der Waals surface area contributed by atoms with Crippen LogP contribution in [0.2, 0.25) is 0 Å². The van der Waals surface area contributed by atoms with Gasteiger partial charge in [-0.25, -0.2) is 8.42 Å². The summed E-state index contributed by atoms with van der Waals surface area (Å²) in [7, 11) is -2.44. The van der Waals surface area contributed by atoms with E-state index >= 15 is 0 Å². The smallest absolute Gasteiger partial charge is 0.217 e. The second-order valence-electron chi connectivity index (χ2n) is 4.96. The number of rotatable bonds is 5. The van der Waals surface area contributed by atoms with Crippen molar-refractivity contribution in [2.45, 2.75) is 38.0 Å². The predicted octanol–water partition coefficient (Wildman–Crippen LogP) is 3.02. The molecule has 1 aliphatic rings. The van der Waals surface area contributed by atoms with E-state index in [9.17, 15) is 13.2 Å². The van der Waals surface area contributed by atoms with Gasteiger partial charge in [-0.05, 0) is 34.3 Å². The summed E-state index contributed by atoms with van der Waals surface area (Å²) in [4.78, 5) is 12.4. The molecule has 21 heavy (non-hydrogen) atoms. The van der Waals surface area contributed by atoms with Crippen molar-refractivity contribution in [3.05, 3.63) is 39.9 Å². The second-order valence-corrected chi connectivity index (χ2v) is 6.74. The van der Waals surface area contributed by atoms with Gasteiger partial charge in [0.05, 0.1) is 5.75 Å². The lowest BCUT2D eigenvalue weighted by atomic mass is 9.93. The van der Waals surface area contributed by atoms with Crippen LogP contribution in [-0.4, -0.2) is 19.8 Å². The van der Waals surface area contributed by atoms with Crippen LogP contribution in [0.1, 0.15) is 37.8 Å². The summed E-state index contributed by atoms with van der Waals surface area (Å²) in [5.41, 5.74) is 0.697. The Morgan fingerprint density at radius 1 is 1.14 bits per heavy atom. The van der Waals surface area contributed by atoms with Crippen molar-refractivity contribution in [3.8, 4) is 0 Å². The summed E-state index contributed by atoms with van der Waals surface area (Å²) in [6.45, 7) is 3.86. The van der Waals surface area contributed by atoms with Gasteiger partial charge < -0.3 is 4.74 Å². The highest BCUT2D eigenvalue weighted by molar-refractivity contribution is 9.12. The summed E-state index contributed by atoms with van der Waals surface area (Å²) in [6, 6.07) is 7.03. The largest absolute Gasteiger partial charge is 0.477 e. The zero-order valence-corrected chi connectivity index (χ0v) is 14.4. The van der Waals surface area contributed by atoms with E-state index in [-0.39, 0.29) is 11.5 Å². The molecule has 0 saturated carbocycles.